The maximum Gasteiger partial charge on any atom is 0.197 e. The SMILES string of the molecule is CCCCCC/C(=C\c1ccccc1)c1cc(=O)c2c(OCc3ccccc3)cccc2o1. The van der Waals surface area contributed by atoms with Gasteiger partial charge in [-0.15, -0.1) is 0 Å². The van der Waals surface area contributed by atoms with Gasteiger partial charge in [-0.1, -0.05) is 92.9 Å². The van der Waals surface area contributed by atoms with Crippen molar-refractivity contribution in [3.63, 3.8) is 0 Å². The average Bonchev–Trinajstić information content (AvgIpc) is 2.85. The summed E-state index contributed by atoms with van der Waals surface area (Å²) in [6, 6.07) is 27.3. The fourth-order valence-electron chi connectivity index (χ4n) is 3.95. The number of hydrogen-bond acceptors (Lipinski definition) is 3. The summed E-state index contributed by atoms with van der Waals surface area (Å²) in [6.45, 7) is 2.61. The second kappa shape index (κ2) is 11.3. The van der Waals surface area contributed by atoms with Crippen LogP contribution in [0, 0.1) is 0 Å². The van der Waals surface area contributed by atoms with E-state index in [-0.39, 0.29) is 5.43 Å². The van der Waals surface area contributed by atoms with Crippen molar-refractivity contribution in [2.45, 2.75) is 45.6 Å². The molecule has 3 nitrogen and oxygen atoms in total. The molecule has 0 spiro atoms. The van der Waals surface area contributed by atoms with E-state index in [1.807, 2.05) is 66.7 Å². The zero-order chi connectivity index (χ0) is 22.9. The number of rotatable bonds is 10. The van der Waals surface area contributed by atoms with Crippen LogP contribution in [0.25, 0.3) is 22.6 Å². The molecule has 0 amide bonds. The molecule has 0 saturated heterocycles. The van der Waals surface area contributed by atoms with Crippen LogP contribution in [0.1, 0.15) is 55.9 Å². The predicted molar refractivity (Wildman–Crippen MR) is 136 cm³/mol. The van der Waals surface area contributed by atoms with Crippen LogP contribution in [-0.2, 0) is 6.61 Å². The lowest BCUT2D eigenvalue weighted by atomic mass is 10.0. The first-order valence-corrected chi connectivity index (χ1v) is 11.7. The monoisotopic (exact) mass is 438 g/mol. The normalized spacial score (nSPS) is 11.6. The molecule has 0 bridgehead atoms. The van der Waals surface area contributed by atoms with E-state index in [0.717, 1.165) is 36.0 Å². The van der Waals surface area contributed by atoms with Crippen molar-refractivity contribution in [3.05, 3.63) is 112 Å². The summed E-state index contributed by atoms with van der Waals surface area (Å²) in [5.41, 5.74) is 3.67. The minimum Gasteiger partial charge on any atom is -0.488 e. The van der Waals surface area contributed by atoms with Crippen LogP contribution in [-0.4, -0.2) is 0 Å². The summed E-state index contributed by atoms with van der Waals surface area (Å²) in [7, 11) is 0. The maximum absolute atomic E-state index is 13.2. The standard InChI is InChI=1S/C30H30O3/c1-2-3-4-11-17-25(20-23-13-7-5-8-14-23)29-21-26(31)30-27(18-12-19-28(30)33-29)32-22-24-15-9-6-10-16-24/h5-10,12-16,18-21H,2-4,11,17,22H2,1H3/b25-20+. The van der Waals surface area contributed by atoms with Crippen LogP contribution in [0.4, 0.5) is 0 Å². The third-order valence-electron chi connectivity index (χ3n) is 5.71. The highest BCUT2D eigenvalue weighted by atomic mass is 16.5. The minimum atomic E-state index is -0.0811. The molecule has 33 heavy (non-hydrogen) atoms. The molecule has 0 aliphatic heterocycles. The number of unbranched alkanes of at least 4 members (excludes halogenated alkanes) is 3. The van der Waals surface area contributed by atoms with Gasteiger partial charge in [0.1, 0.15) is 29.1 Å². The third kappa shape index (κ3) is 6.01. The molecule has 0 unspecified atom stereocenters. The van der Waals surface area contributed by atoms with Crippen molar-refractivity contribution in [2.24, 2.45) is 0 Å². The Labute approximate surface area is 195 Å². The van der Waals surface area contributed by atoms with Crippen LogP contribution >= 0.6 is 0 Å². The van der Waals surface area contributed by atoms with Gasteiger partial charge in [0.25, 0.3) is 0 Å². The Bertz CT molecular complexity index is 1250. The Morgan fingerprint density at radius 2 is 1.64 bits per heavy atom. The average molecular weight is 439 g/mol. The van der Waals surface area contributed by atoms with Crippen molar-refractivity contribution < 1.29 is 9.15 Å². The molecule has 3 heteroatoms. The molecule has 0 radical (unpaired) electrons. The summed E-state index contributed by atoms with van der Waals surface area (Å²) in [5.74, 6) is 1.18. The zero-order valence-corrected chi connectivity index (χ0v) is 19.1. The highest BCUT2D eigenvalue weighted by molar-refractivity contribution is 5.86. The molecule has 0 aliphatic rings. The predicted octanol–water partition coefficient (Wildman–Crippen LogP) is 7.88. The van der Waals surface area contributed by atoms with Crippen molar-refractivity contribution in [1.82, 2.24) is 0 Å². The number of allylic oxidation sites excluding steroid dienone is 1. The van der Waals surface area contributed by atoms with Gasteiger partial charge in [-0.05, 0) is 47.8 Å². The van der Waals surface area contributed by atoms with E-state index >= 15 is 0 Å². The van der Waals surface area contributed by atoms with Gasteiger partial charge in [0.05, 0.1) is 0 Å². The molecular weight excluding hydrogens is 408 g/mol. The summed E-state index contributed by atoms with van der Waals surface area (Å²) in [5, 5.41) is 0.488. The first-order chi connectivity index (χ1) is 16.2. The summed E-state index contributed by atoms with van der Waals surface area (Å²) < 4.78 is 12.3. The van der Waals surface area contributed by atoms with Gasteiger partial charge in [-0.2, -0.15) is 0 Å². The van der Waals surface area contributed by atoms with Crippen LogP contribution in [0.5, 0.6) is 5.75 Å². The van der Waals surface area contributed by atoms with Gasteiger partial charge in [0.15, 0.2) is 5.43 Å². The van der Waals surface area contributed by atoms with E-state index in [4.69, 9.17) is 9.15 Å². The highest BCUT2D eigenvalue weighted by Gasteiger charge is 2.13. The second-order valence-electron chi connectivity index (χ2n) is 8.27. The first kappa shape index (κ1) is 22.6. The molecule has 1 heterocycles. The van der Waals surface area contributed by atoms with E-state index in [9.17, 15) is 4.79 Å². The van der Waals surface area contributed by atoms with E-state index < -0.39 is 0 Å². The fourth-order valence-corrected chi connectivity index (χ4v) is 3.95. The Balaban J connectivity index is 1.66. The quantitative estimate of drug-likeness (QED) is 0.236. The number of hydrogen-bond donors (Lipinski definition) is 0. The van der Waals surface area contributed by atoms with Crippen molar-refractivity contribution in [1.29, 1.82) is 0 Å². The Morgan fingerprint density at radius 3 is 2.39 bits per heavy atom. The van der Waals surface area contributed by atoms with E-state index in [0.29, 0.717) is 29.1 Å². The second-order valence-corrected chi connectivity index (χ2v) is 8.27. The zero-order valence-electron chi connectivity index (χ0n) is 19.1. The molecule has 0 N–H and O–H groups in total. The van der Waals surface area contributed by atoms with Gasteiger partial charge in [0.2, 0.25) is 0 Å². The van der Waals surface area contributed by atoms with E-state index in [2.05, 4.69) is 25.1 Å². The molecule has 168 valence electrons. The molecule has 0 atom stereocenters. The van der Waals surface area contributed by atoms with Gasteiger partial charge in [-0.25, -0.2) is 0 Å². The first-order valence-electron chi connectivity index (χ1n) is 11.7. The number of ether oxygens (including phenoxy) is 1. The Kier molecular flexibility index (Phi) is 7.76. The molecule has 4 aromatic rings. The summed E-state index contributed by atoms with van der Waals surface area (Å²) in [4.78, 5) is 13.2. The smallest absolute Gasteiger partial charge is 0.197 e. The molecule has 3 aromatic carbocycles. The van der Waals surface area contributed by atoms with Gasteiger partial charge in [-0.3, -0.25) is 4.79 Å². The molecule has 0 aliphatic carbocycles. The van der Waals surface area contributed by atoms with E-state index in [1.54, 1.807) is 6.07 Å². The van der Waals surface area contributed by atoms with Gasteiger partial charge in [0, 0.05) is 6.07 Å². The Hall–Kier alpha value is -3.59. The minimum absolute atomic E-state index is 0.0811. The van der Waals surface area contributed by atoms with Crippen LogP contribution in [0.15, 0.2) is 94.1 Å². The van der Waals surface area contributed by atoms with Crippen molar-refractivity contribution in [2.75, 3.05) is 0 Å². The highest BCUT2D eigenvalue weighted by Crippen LogP contribution is 2.29. The summed E-state index contributed by atoms with van der Waals surface area (Å²) >= 11 is 0. The molecule has 0 saturated carbocycles. The Morgan fingerprint density at radius 1 is 0.879 bits per heavy atom. The van der Waals surface area contributed by atoms with Gasteiger partial charge >= 0.3 is 0 Å². The van der Waals surface area contributed by atoms with Crippen molar-refractivity contribution in [3.8, 4) is 5.75 Å². The maximum atomic E-state index is 13.2. The van der Waals surface area contributed by atoms with Crippen LogP contribution < -0.4 is 10.2 Å². The topological polar surface area (TPSA) is 39.4 Å². The molecule has 0 fully saturated rings. The molecular formula is C30H30O3. The number of benzene rings is 3. The molecule has 4 rings (SSSR count). The van der Waals surface area contributed by atoms with Crippen LogP contribution in [0.3, 0.4) is 0 Å². The third-order valence-corrected chi connectivity index (χ3v) is 5.71. The summed E-state index contributed by atoms with van der Waals surface area (Å²) in [6.07, 6.45) is 7.63. The fraction of sp³-hybridized carbons (Fsp3) is 0.233. The largest absolute Gasteiger partial charge is 0.488 e. The lowest BCUT2D eigenvalue weighted by molar-refractivity contribution is 0.309. The van der Waals surface area contributed by atoms with Crippen LogP contribution in [0.2, 0.25) is 0 Å². The molecule has 1 aromatic heterocycles. The lowest BCUT2D eigenvalue weighted by Gasteiger charge is -2.11. The van der Waals surface area contributed by atoms with Crippen molar-refractivity contribution >= 4 is 22.6 Å². The number of fused-ring (bicyclic) bond motifs is 1. The van der Waals surface area contributed by atoms with E-state index in [1.165, 1.54) is 12.8 Å². The van der Waals surface area contributed by atoms with Gasteiger partial charge < -0.3 is 9.15 Å². The lowest BCUT2D eigenvalue weighted by Crippen LogP contribution is -2.05.